The molecule has 0 aliphatic carbocycles. The zero-order valence-corrected chi connectivity index (χ0v) is 10.2. The van der Waals surface area contributed by atoms with Crippen LogP contribution in [0.1, 0.15) is 6.92 Å². The second-order valence-electron chi connectivity index (χ2n) is 4.10. The van der Waals surface area contributed by atoms with Crippen molar-refractivity contribution >= 4 is 15.7 Å². The van der Waals surface area contributed by atoms with E-state index in [9.17, 15) is 13.2 Å². The van der Waals surface area contributed by atoms with Crippen LogP contribution in [0.4, 0.5) is 0 Å². The van der Waals surface area contributed by atoms with E-state index in [0.29, 0.717) is 6.61 Å². The van der Waals surface area contributed by atoms with Crippen LogP contribution in [0.5, 0.6) is 0 Å². The summed E-state index contributed by atoms with van der Waals surface area (Å²) in [5.41, 5.74) is 0. The van der Waals surface area contributed by atoms with Crippen molar-refractivity contribution in [3.05, 3.63) is 0 Å². The van der Waals surface area contributed by atoms with Gasteiger partial charge in [-0.15, -0.1) is 0 Å². The van der Waals surface area contributed by atoms with Gasteiger partial charge in [0.2, 0.25) is 5.91 Å². The summed E-state index contributed by atoms with van der Waals surface area (Å²) in [7, 11) is -3.31. The maximum Gasteiger partial charge on any atom is 0.238 e. The molecule has 1 heterocycles. The smallest absolute Gasteiger partial charge is 0.238 e. The third kappa shape index (κ3) is 3.73. The molecule has 1 amide bonds. The molecule has 1 saturated heterocycles. The minimum absolute atomic E-state index is 0.156. The molecule has 6 nitrogen and oxygen atoms in total. The fourth-order valence-electron chi connectivity index (χ4n) is 1.58. The third-order valence-corrected chi connectivity index (χ3v) is 3.19. The van der Waals surface area contributed by atoms with E-state index in [4.69, 9.17) is 9.84 Å². The lowest BCUT2D eigenvalue weighted by Crippen LogP contribution is -2.53. The van der Waals surface area contributed by atoms with Gasteiger partial charge in [-0.3, -0.25) is 4.79 Å². The van der Waals surface area contributed by atoms with Crippen molar-refractivity contribution in [2.45, 2.75) is 19.1 Å². The van der Waals surface area contributed by atoms with Crippen molar-refractivity contribution in [3.8, 4) is 0 Å². The predicted molar refractivity (Wildman–Crippen MR) is 57.7 cm³/mol. The maximum atomic E-state index is 11.7. The van der Waals surface area contributed by atoms with Crippen LogP contribution in [0.2, 0.25) is 0 Å². The van der Waals surface area contributed by atoms with Gasteiger partial charge in [0.25, 0.3) is 0 Å². The SMILES string of the molecule is CC1COC(CO)CN1C(=O)CS(C)(=O)=O. The first-order valence-corrected chi connectivity index (χ1v) is 7.09. The Morgan fingerprint density at radius 3 is 2.69 bits per heavy atom. The van der Waals surface area contributed by atoms with E-state index in [1.165, 1.54) is 4.90 Å². The zero-order valence-electron chi connectivity index (χ0n) is 9.42. The van der Waals surface area contributed by atoms with Crippen LogP contribution in [0.25, 0.3) is 0 Å². The van der Waals surface area contributed by atoms with Gasteiger partial charge in [-0.2, -0.15) is 0 Å². The lowest BCUT2D eigenvalue weighted by atomic mass is 10.2. The molecule has 1 aliphatic rings. The van der Waals surface area contributed by atoms with Crippen molar-refractivity contribution in [2.24, 2.45) is 0 Å². The average Bonchev–Trinajstić information content (AvgIpc) is 2.15. The monoisotopic (exact) mass is 251 g/mol. The normalized spacial score (nSPS) is 26.8. The lowest BCUT2D eigenvalue weighted by Gasteiger charge is -2.37. The quantitative estimate of drug-likeness (QED) is 0.669. The Labute approximate surface area is 95.1 Å². The molecular formula is C9H17NO5S. The molecule has 0 aromatic heterocycles. The summed E-state index contributed by atoms with van der Waals surface area (Å²) in [5.74, 6) is -0.924. The van der Waals surface area contributed by atoms with E-state index in [1.54, 1.807) is 6.92 Å². The Kier molecular flexibility index (Phi) is 4.28. The number of carbonyl (C=O) groups excluding carboxylic acids is 1. The number of sulfone groups is 1. The molecule has 0 aromatic rings. The highest BCUT2D eigenvalue weighted by atomic mass is 32.2. The molecule has 1 fully saturated rings. The van der Waals surface area contributed by atoms with E-state index in [0.717, 1.165) is 6.26 Å². The van der Waals surface area contributed by atoms with Gasteiger partial charge >= 0.3 is 0 Å². The average molecular weight is 251 g/mol. The number of carbonyl (C=O) groups is 1. The van der Waals surface area contributed by atoms with Gasteiger partial charge in [0.1, 0.15) is 5.75 Å². The van der Waals surface area contributed by atoms with E-state index in [2.05, 4.69) is 0 Å². The van der Waals surface area contributed by atoms with E-state index < -0.39 is 27.6 Å². The fraction of sp³-hybridized carbons (Fsp3) is 0.889. The van der Waals surface area contributed by atoms with Crippen molar-refractivity contribution < 1.29 is 23.1 Å². The van der Waals surface area contributed by atoms with Crippen LogP contribution in [0.3, 0.4) is 0 Å². The van der Waals surface area contributed by atoms with Gasteiger partial charge in [0.05, 0.1) is 25.4 Å². The molecule has 2 unspecified atom stereocenters. The van der Waals surface area contributed by atoms with Gasteiger partial charge in [-0.05, 0) is 6.92 Å². The highest BCUT2D eigenvalue weighted by Crippen LogP contribution is 2.12. The summed E-state index contributed by atoms with van der Waals surface area (Å²) in [4.78, 5) is 13.1. The van der Waals surface area contributed by atoms with E-state index >= 15 is 0 Å². The molecule has 7 heteroatoms. The summed E-state index contributed by atoms with van der Waals surface area (Å²) < 4.78 is 27.3. The molecule has 0 spiro atoms. The van der Waals surface area contributed by atoms with Gasteiger partial charge in [-0.1, -0.05) is 0 Å². The van der Waals surface area contributed by atoms with E-state index in [1.807, 2.05) is 0 Å². The zero-order chi connectivity index (χ0) is 12.3. The number of morpholine rings is 1. The predicted octanol–water partition coefficient (Wildman–Crippen LogP) is -1.36. The van der Waals surface area contributed by atoms with Gasteiger partial charge in [0, 0.05) is 12.8 Å². The standard InChI is InChI=1S/C9H17NO5S/c1-7-5-15-8(4-11)3-10(7)9(12)6-16(2,13)14/h7-8,11H,3-6H2,1-2H3. The number of amides is 1. The van der Waals surface area contributed by atoms with Crippen LogP contribution >= 0.6 is 0 Å². The van der Waals surface area contributed by atoms with Crippen molar-refractivity contribution in [1.82, 2.24) is 4.90 Å². The maximum absolute atomic E-state index is 11.7. The molecule has 0 bridgehead atoms. The molecule has 2 atom stereocenters. The Balaban J connectivity index is 2.66. The molecule has 0 saturated carbocycles. The van der Waals surface area contributed by atoms with Crippen molar-refractivity contribution in [1.29, 1.82) is 0 Å². The molecule has 1 N–H and O–H groups in total. The van der Waals surface area contributed by atoms with E-state index in [-0.39, 0.29) is 19.2 Å². The molecule has 0 radical (unpaired) electrons. The number of nitrogens with zero attached hydrogens (tertiary/aromatic N) is 1. The summed E-state index contributed by atoms with van der Waals surface area (Å²) in [6, 6.07) is -0.156. The third-order valence-electron chi connectivity index (χ3n) is 2.42. The molecule has 16 heavy (non-hydrogen) atoms. The number of hydrogen-bond acceptors (Lipinski definition) is 5. The summed E-state index contributed by atoms with van der Waals surface area (Å²) in [5, 5.41) is 8.93. The molecule has 0 aromatic carbocycles. The molecule has 1 rings (SSSR count). The first kappa shape index (κ1) is 13.4. The van der Waals surface area contributed by atoms with Gasteiger partial charge in [0.15, 0.2) is 9.84 Å². The lowest BCUT2D eigenvalue weighted by molar-refractivity contribution is -0.143. The number of ether oxygens (including phenoxy) is 1. The minimum atomic E-state index is -3.31. The largest absolute Gasteiger partial charge is 0.394 e. The molecule has 94 valence electrons. The second kappa shape index (κ2) is 5.11. The van der Waals surface area contributed by atoms with Crippen molar-refractivity contribution in [2.75, 3.05) is 31.8 Å². The van der Waals surface area contributed by atoms with Crippen LogP contribution in [0, 0.1) is 0 Å². The first-order chi connectivity index (χ1) is 7.33. The number of hydrogen-bond donors (Lipinski definition) is 1. The van der Waals surface area contributed by atoms with Crippen LogP contribution in [-0.2, 0) is 19.4 Å². The topological polar surface area (TPSA) is 83.9 Å². The second-order valence-corrected chi connectivity index (χ2v) is 6.24. The van der Waals surface area contributed by atoms with Gasteiger partial charge < -0.3 is 14.7 Å². The first-order valence-electron chi connectivity index (χ1n) is 5.03. The van der Waals surface area contributed by atoms with Crippen molar-refractivity contribution in [3.63, 3.8) is 0 Å². The summed E-state index contributed by atoms with van der Waals surface area (Å²) in [6.45, 7) is 2.18. The molecule has 1 aliphatic heterocycles. The summed E-state index contributed by atoms with van der Waals surface area (Å²) in [6.07, 6.45) is 0.610. The highest BCUT2D eigenvalue weighted by Gasteiger charge is 2.30. The Morgan fingerprint density at radius 1 is 1.56 bits per heavy atom. The van der Waals surface area contributed by atoms with Crippen LogP contribution in [-0.4, -0.2) is 68.2 Å². The Bertz CT molecular complexity index is 353. The summed E-state index contributed by atoms with van der Waals surface area (Å²) >= 11 is 0. The van der Waals surface area contributed by atoms with Crippen LogP contribution < -0.4 is 0 Å². The Morgan fingerprint density at radius 2 is 2.19 bits per heavy atom. The highest BCUT2D eigenvalue weighted by molar-refractivity contribution is 7.91. The fourth-order valence-corrected chi connectivity index (χ4v) is 2.20. The van der Waals surface area contributed by atoms with Gasteiger partial charge in [-0.25, -0.2) is 8.42 Å². The minimum Gasteiger partial charge on any atom is -0.394 e. The number of rotatable bonds is 3. The number of aliphatic hydroxyl groups excluding tert-OH is 1. The molecular weight excluding hydrogens is 234 g/mol. The Hall–Kier alpha value is -0.660. The number of aliphatic hydroxyl groups is 1. The van der Waals surface area contributed by atoms with Crippen LogP contribution in [0.15, 0.2) is 0 Å².